The van der Waals surface area contributed by atoms with Crippen molar-refractivity contribution in [2.75, 3.05) is 14.2 Å². The van der Waals surface area contributed by atoms with Gasteiger partial charge in [0.15, 0.2) is 11.5 Å². The Balaban J connectivity index is 2.77. The molecule has 1 aliphatic rings. The van der Waals surface area contributed by atoms with Crippen molar-refractivity contribution >= 4 is 11.6 Å². The topological polar surface area (TPSA) is 93.1 Å². The highest BCUT2D eigenvalue weighted by molar-refractivity contribution is 6.25. The van der Waals surface area contributed by atoms with Crippen molar-refractivity contribution in [2.45, 2.75) is 13.0 Å². The molecular formula is C14H14O6. The highest BCUT2D eigenvalue weighted by Gasteiger charge is 2.33. The maximum Gasteiger partial charge on any atom is 0.228 e. The highest BCUT2D eigenvalue weighted by Crippen LogP contribution is 2.40. The van der Waals surface area contributed by atoms with Crippen molar-refractivity contribution in [1.29, 1.82) is 0 Å². The number of ether oxygens (including phenoxy) is 2. The molecular weight excluding hydrogens is 264 g/mol. The van der Waals surface area contributed by atoms with Gasteiger partial charge < -0.3 is 19.7 Å². The number of carbonyl (C=O) groups is 2. The van der Waals surface area contributed by atoms with Gasteiger partial charge in [0.2, 0.25) is 5.78 Å². The Morgan fingerprint density at radius 2 is 1.85 bits per heavy atom. The van der Waals surface area contributed by atoms with E-state index < -0.39 is 23.4 Å². The molecule has 1 aliphatic carbocycles. The number of hydrogen-bond acceptors (Lipinski definition) is 6. The number of aliphatic hydroxyl groups is 1. The summed E-state index contributed by atoms with van der Waals surface area (Å²) in [6.07, 6.45) is -0.0335. The van der Waals surface area contributed by atoms with Crippen LogP contribution in [0, 0.1) is 0 Å². The molecule has 0 saturated carbocycles. The number of allylic oxidation sites excluding steroid dienone is 2. The summed E-state index contributed by atoms with van der Waals surface area (Å²) in [4.78, 5) is 24.1. The number of phenols is 1. The summed E-state index contributed by atoms with van der Waals surface area (Å²) in [6, 6.07) is 1.32. The summed E-state index contributed by atoms with van der Waals surface area (Å²) in [6.45, 7) is 1.43. The number of ketones is 2. The molecule has 6 heteroatoms. The van der Waals surface area contributed by atoms with E-state index in [-0.39, 0.29) is 28.2 Å². The van der Waals surface area contributed by atoms with E-state index in [9.17, 15) is 19.8 Å². The molecule has 0 saturated heterocycles. The maximum absolute atomic E-state index is 12.1. The van der Waals surface area contributed by atoms with Crippen molar-refractivity contribution < 1.29 is 29.3 Å². The minimum atomic E-state index is -1.05. The molecule has 1 atom stereocenters. The molecule has 0 spiro atoms. The first-order valence-corrected chi connectivity index (χ1v) is 5.89. The van der Waals surface area contributed by atoms with Crippen LogP contribution in [0.4, 0.5) is 0 Å². The third-order valence-electron chi connectivity index (χ3n) is 3.14. The fraction of sp³-hybridized carbons (Fsp3) is 0.286. The first-order valence-electron chi connectivity index (χ1n) is 5.89. The van der Waals surface area contributed by atoms with Crippen LogP contribution >= 0.6 is 0 Å². The van der Waals surface area contributed by atoms with Crippen LogP contribution in [0.3, 0.4) is 0 Å². The molecule has 0 amide bonds. The number of methoxy groups -OCH3 is 2. The highest BCUT2D eigenvalue weighted by atomic mass is 16.5. The Hall–Kier alpha value is -2.34. The molecule has 0 heterocycles. The van der Waals surface area contributed by atoms with Crippen LogP contribution in [0.15, 0.2) is 17.9 Å². The minimum Gasteiger partial charge on any atom is -0.507 e. The zero-order valence-corrected chi connectivity index (χ0v) is 11.3. The second kappa shape index (κ2) is 4.97. The number of rotatable bonds is 3. The van der Waals surface area contributed by atoms with E-state index in [1.165, 1.54) is 27.2 Å². The van der Waals surface area contributed by atoms with Crippen molar-refractivity contribution in [3.63, 3.8) is 0 Å². The van der Waals surface area contributed by atoms with Gasteiger partial charge in [-0.05, 0) is 13.0 Å². The summed E-state index contributed by atoms with van der Waals surface area (Å²) in [5.41, 5.74) is -0.0812. The molecule has 0 aliphatic heterocycles. The van der Waals surface area contributed by atoms with Gasteiger partial charge in [-0.2, -0.15) is 0 Å². The van der Waals surface area contributed by atoms with Crippen molar-refractivity contribution in [3.05, 3.63) is 34.6 Å². The van der Waals surface area contributed by atoms with E-state index in [1.807, 2.05) is 0 Å². The Bertz CT molecular complexity index is 627. The molecule has 0 radical (unpaired) electrons. The quantitative estimate of drug-likeness (QED) is 0.867. The fourth-order valence-corrected chi connectivity index (χ4v) is 2.20. The summed E-state index contributed by atoms with van der Waals surface area (Å²) < 4.78 is 9.90. The average molecular weight is 278 g/mol. The normalized spacial score (nSPS) is 15.5. The van der Waals surface area contributed by atoms with Crippen LogP contribution in [0.5, 0.6) is 11.5 Å². The fourth-order valence-electron chi connectivity index (χ4n) is 2.20. The van der Waals surface area contributed by atoms with Gasteiger partial charge in [0.05, 0.1) is 31.5 Å². The van der Waals surface area contributed by atoms with Crippen LogP contribution in [-0.4, -0.2) is 36.0 Å². The van der Waals surface area contributed by atoms with Gasteiger partial charge in [-0.15, -0.1) is 0 Å². The van der Waals surface area contributed by atoms with E-state index in [0.29, 0.717) is 0 Å². The Morgan fingerprint density at radius 3 is 2.35 bits per heavy atom. The molecule has 106 valence electrons. The SMILES string of the molecule is COC1=CC(=O)c2c(cc(OC)c([C@H](C)O)c2O)C1=O. The van der Waals surface area contributed by atoms with E-state index in [0.717, 1.165) is 6.08 Å². The summed E-state index contributed by atoms with van der Waals surface area (Å²) in [7, 11) is 2.62. The number of carbonyl (C=O) groups excluding carboxylic acids is 2. The molecule has 0 fully saturated rings. The number of fused-ring (bicyclic) bond motifs is 1. The molecule has 20 heavy (non-hydrogen) atoms. The lowest BCUT2D eigenvalue weighted by atomic mass is 9.89. The van der Waals surface area contributed by atoms with Crippen molar-refractivity contribution in [3.8, 4) is 11.5 Å². The van der Waals surface area contributed by atoms with E-state index in [1.54, 1.807) is 0 Å². The number of aliphatic hydroxyl groups excluding tert-OH is 1. The lowest BCUT2D eigenvalue weighted by Crippen LogP contribution is -2.19. The van der Waals surface area contributed by atoms with Crippen LogP contribution < -0.4 is 4.74 Å². The van der Waals surface area contributed by atoms with E-state index >= 15 is 0 Å². The molecule has 6 nitrogen and oxygen atoms in total. The third kappa shape index (κ3) is 1.94. The molecule has 1 aromatic carbocycles. The summed E-state index contributed by atoms with van der Waals surface area (Å²) in [5.74, 6) is -1.49. The van der Waals surface area contributed by atoms with Gasteiger partial charge in [-0.3, -0.25) is 9.59 Å². The maximum atomic E-state index is 12.1. The van der Waals surface area contributed by atoms with Gasteiger partial charge in [0.1, 0.15) is 11.5 Å². The van der Waals surface area contributed by atoms with Crippen LogP contribution in [0.1, 0.15) is 39.3 Å². The Labute approximate surface area is 115 Å². The molecule has 0 unspecified atom stereocenters. The largest absolute Gasteiger partial charge is 0.507 e. The number of hydrogen-bond donors (Lipinski definition) is 2. The number of Topliss-reactive ketones (excluding diaryl/α,β-unsaturated/α-hetero) is 1. The Kier molecular flexibility index (Phi) is 3.50. The van der Waals surface area contributed by atoms with Crippen molar-refractivity contribution in [1.82, 2.24) is 0 Å². The van der Waals surface area contributed by atoms with Crippen molar-refractivity contribution in [2.24, 2.45) is 0 Å². The lowest BCUT2D eigenvalue weighted by Gasteiger charge is -2.20. The molecule has 2 N–H and O–H groups in total. The molecule has 0 aromatic heterocycles. The van der Waals surface area contributed by atoms with E-state index in [4.69, 9.17) is 9.47 Å². The average Bonchev–Trinajstić information content (AvgIpc) is 2.41. The second-order valence-electron chi connectivity index (χ2n) is 4.35. The predicted octanol–water partition coefficient (Wildman–Crippen LogP) is 1.36. The van der Waals surface area contributed by atoms with Crippen LogP contribution in [0.25, 0.3) is 0 Å². The van der Waals surface area contributed by atoms with Gasteiger partial charge in [-0.25, -0.2) is 0 Å². The first kappa shape index (κ1) is 14.1. The second-order valence-corrected chi connectivity index (χ2v) is 4.35. The number of benzene rings is 1. The Morgan fingerprint density at radius 1 is 1.20 bits per heavy atom. The standard InChI is InChI=1S/C14H14O6/c1-6(15)11-9(19-2)4-7-12(14(11)18)8(16)5-10(20-3)13(7)17/h4-6,15,18H,1-3H3/t6-/m0/s1. The number of phenolic OH excluding ortho intramolecular Hbond substituents is 1. The van der Waals surface area contributed by atoms with E-state index in [2.05, 4.69) is 0 Å². The predicted molar refractivity (Wildman–Crippen MR) is 69.0 cm³/mol. The smallest absolute Gasteiger partial charge is 0.228 e. The van der Waals surface area contributed by atoms with Gasteiger partial charge in [0.25, 0.3) is 0 Å². The number of aromatic hydroxyl groups is 1. The molecule has 1 aromatic rings. The third-order valence-corrected chi connectivity index (χ3v) is 3.14. The molecule has 2 rings (SSSR count). The first-order chi connectivity index (χ1) is 9.42. The zero-order chi connectivity index (χ0) is 15.0. The monoisotopic (exact) mass is 278 g/mol. The summed E-state index contributed by atoms with van der Waals surface area (Å²) >= 11 is 0. The zero-order valence-electron chi connectivity index (χ0n) is 11.3. The minimum absolute atomic E-state index is 0.00639. The lowest BCUT2D eigenvalue weighted by molar-refractivity contribution is 0.0913. The van der Waals surface area contributed by atoms with Crippen LogP contribution in [0.2, 0.25) is 0 Å². The van der Waals surface area contributed by atoms with Gasteiger partial charge >= 0.3 is 0 Å². The summed E-state index contributed by atoms with van der Waals surface area (Å²) in [5, 5.41) is 19.9. The molecule has 0 bridgehead atoms. The van der Waals surface area contributed by atoms with Gasteiger partial charge in [0, 0.05) is 11.6 Å². The van der Waals surface area contributed by atoms with Gasteiger partial charge in [-0.1, -0.05) is 0 Å². The van der Waals surface area contributed by atoms with Crippen LogP contribution in [-0.2, 0) is 4.74 Å².